The lowest BCUT2D eigenvalue weighted by molar-refractivity contribution is 0.355. The minimum atomic E-state index is -0.303. The number of hydrogen-bond acceptors (Lipinski definition) is 4. The van der Waals surface area contributed by atoms with Crippen LogP contribution in [0, 0.1) is 5.82 Å². The smallest absolute Gasteiger partial charge is 0.228 e. The third-order valence-corrected chi connectivity index (χ3v) is 3.70. The molecule has 1 N–H and O–H groups in total. The number of hydrogen-bond donors (Lipinski definition) is 1. The molecular weight excluding hydrogens is 325 g/mol. The van der Waals surface area contributed by atoms with E-state index in [9.17, 15) is 4.39 Å². The van der Waals surface area contributed by atoms with Gasteiger partial charge in [0.05, 0.1) is 0 Å². The summed E-state index contributed by atoms with van der Waals surface area (Å²) in [5, 5.41) is 7.32. The molecule has 2 aromatic rings. The Morgan fingerprint density at radius 2 is 2.20 bits per heavy atom. The third-order valence-electron chi connectivity index (χ3n) is 3.05. The predicted octanol–water partition coefficient (Wildman–Crippen LogP) is 3.57. The van der Waals surface area contributed by atoms with Gasteiger partial charge in [-0.25, -0.2) is 4.39 Å². The second kappa shape index (κ2) is 6.95. The molecule has 1 aromatic heterocycles. The summed E-state index contributed by atoms with van der Waals surface area (Å²) in [6, 6.07) is 4.72. The molecule has 20 heavy (non-hydrogen) atoms. The van der Waals surface area contributed by atoms with Crippen molar-refractivity contribution in [2.24, 2.45) is 0 Å². The van der Waals surface area contributed by atoms with Crippen molar-refractivity contribution < 1.29 is 8.91 Å². The Morgan fingerprint density at radius 1 is 1.40 bits per heavy atom. The van der Waals surface area contributed by atoms with E-state index in [1.54, 1.807) is 6.07 Å². The summed E-state index contributed by atoms with van der Waals surface area (Å²) in [6.45, 7) is 5.09. The van der Waals surface area contributed by atoms with Gasteiger partial charge in [-0.15, -0.1) is 0 Å². The first kappa shape index (κ1) is 15.1. The van der Waals surface area contributed by atoms with Gasteiger partial charge in [0.25, 0.3) is 0 Å². The van der Waals surface area contributed by atoms with Gasteiger partial charge in [0.1, 0.15) is 5.82 Å². The molecular formula is C14H17BrFN3O. The van der Waals surface area contributed by atoms with Crippen molar-refractivity contribution in [3.8, 4) is 11.4 Å². The highest BCUT2D eigenvalue weighted by Crippen LogP contribution is 2.26. The summed E-state index contributed by atoms with van der Waals surface area (Å²) in [6.07, 6.45) is 1.68. The molecule has 0 saturated carbocycles. The topological polar surface area (TPSA) is 51.0 Å². The fourth-order valence-electron chi connectivity index (χ4n) is 1.98. The average Bonchev–Trinajstić information content (AvgIpc) is 2.86. The molecule has 0 bridgehead atoms. The fourth-order valence-corrected chi connectivity index (χ4v) is 2.51. The average molecular weight is 342 g/mol. The summed E-state index contributed by atoms with van der Waals surface area (Å²) in [4.78, 5) is 4.37. The largest absolute Gasteiger partial charge is 0.339 e. The van der Waals surface area contributed by atoms with E-state index in [2.05, 4.69) is 45.2 Å². The number of nitrogens with one attached hydrogen (secondary N) is 1. The quantitative estimate of drug-likeness (QED) is 0.872. The zero-order valence-corrected chi connectivity index (χ0v) is 13.1. The molecule has 0 aliphatic carbocycles. The highest BCUT2D eigenvalue weighted by atomic mass is 79.9. The van der Waals surface area contributed by atoms with E-state index >= 15 is 0 Å². The zero-order valence-electron chi connectivity index (χ0n) is 11.5. The summed E-state index contributed by atoms with van der Waals surface area (Å²) in [5.41, 5.74) is 0.720. The number of aromatic nitrogens is 2. The Morgan fingerprint density at radius 3 is 2.85 bits per heavy atom. The maximum Gasteiger partial charge on any atom is 0.228 e. The lowest BCUT2D eigenvalue weighted by Gasteiger charge is -2.12. The second-order valence-corrected chi connectivity index (χ2v) is 5.36. The van der Waals surface area contributed by atoms with E-state index in [-0.39, 0.29) is 5.82 Å². The van der Waals surface area contributed by atoms with Crippen molar-refractivity contribution in [1.82, 2.24) is 15.5 Å². The van der Waals surface area contributed by atoms with E-state index in [4.69, 9.17) is 4.52 Å². The number of benzene rings is 1. The maximum absolute atomic E-state index is 13.1. The van der Waals surface area contributed by atoms with E-state index < -0.39 is 0 Å². The van der Waals surface area contributed by atoms with Crippen molar-refractivity contribution in [2.75, 3.05) is 6.54 Å². The summed E-state index contributed by atoms with van der Waals surface area (Å²) in [7, 11) is 0. The molecule has 4 nitrogen and oxygen atoms in total. The monoisotopic (exact) mass is 341 g/mol. The van der Waals surface area contributed by atoms with Gasteiger partial charge in [0.2, 0.25) is 11.7 Å². The summed E-state index contributed by atoms with van der Waals surface area (Å²) in [5.74, 6) is 0.754. The van der Waals surface area contributed by atoms with Crippen molar-refractivity contribution in [1.29, 1.82) is 0 Å². The van der Waals surface area contributed by atoms with Gasteiger partial charge in [-0.05, 0) is 47.1 Å². The Balaban J connectivity index is 2.16. The lowest BCUT2D eigenvalue weighted by Crippen LogP contribution is -2.30. The van der Waals surface area contributed by atoms with Crippen LogP contribution < -0.4 is 5.32 Å². The third kappa shape index (κ3) is 3.64. The molecule has 0 radical (unpaired) electrons. The number of rotatable bonds is 6. The molecule has 2 rings (SSSR count). The van der Waals surface area contributed by atoms with E-state index in [0.717, 1.165) is 18.5 Å². The number of nitrogens with zero attached hydrogens (tertiary/aromatic N) is 2. The lowest BCUT2D eigenvalue weighted by atomic mass is 10.1. The number of halogens is 2. The standard InChI is InChI=1S/C14H17BrFN3O/c1-3-10(17-4-2)8-13-18-14(19-20-13)11-6-5-9(16)7-12(11)15/h5-7,10,17H,3-4,8H2,1-2H3. The molecule has 0 saturated heterocycles. The molecule has 1 unspecified atom stereocenters. The summed E-state index contributed by atoms with van der Waals surface area (Å²) < 4.78 is 19.0. The van der Waals surface area contributed by atoms with Crippen molar-refractivity contribution in [3.05, 3.63) is 34.4 Å². The first-order valence-corrected chi connectivity index (χ1v) is 7.44. The minimum absolute atomic E-state index is 0.303. The van der Waals surface area contributed by atoms with Crippen LogP contribution in [-0.4, -0.2) is 22.7 Å². The Kier molecular flexibility index (Phi) is 5.25. The highest BCUT2D eigenvalue weighted by molar-refractivity contribution is 9.10. The van der Waals surface area contributed by atoms with Gasteiger partial charge in [0, 0.05) is 22.5 Å². The Labute approximate surface area is 125 Å². The summed E-state index contributed by atoms with van der Waals surface area (Å²) >= 11 is 3.31. The molecule has 0 spiro atoms. The number of likely N-dealkylation sites (N-methyl/N-ethyl adjacent to an activating group) is 1. The van der Waals surface area contributed by atoms with E-state index in [1.807, 2.05) is 0 Å². The predicted molar refractivity (Wildman–Crippen MR) is 78.9 cm³/mol. The van der Waals surface area contributed by atoms with Crippen LogP contribution in [0.5, 0.6) is 0 Å². The Hall–Kier alpha value is -1.27. The van der Waals surface area contributed by atoms with Gasteiger partial charge in [0.15, 0.2) is 0 Å². The van der Waals surface area contributed by atoms with Crippen LogP contribution in [0.1, 0.15) is 26.2 Å². The second-order valence-electron chi connectivity index (χ2n) is 4.50. The highest BCUT2D eigenvalue weighted by Gasteiger charge is 2.15. The van der Waals surface area contributed by atoms with Crippen LogP contribution in [0.15, 0.2) is 27.2 Å². The molecule has 1 atom stereocenters. The van der Waals surface area contributed by atoms with Gasteiger partial charge >= 0.3 is 0 Å². The fraction of sp³-hybridized carbons (Fsp3) is 0.429. The van der Waals surface area contributed by atoms with Crippen LogP contribution in [0.25, 0.3) is 11.4 Å². The molecule has 0 aliphatic heterocycles. The molecule has 1 aromatic carbocycles. The first-order valence-electron chi connectivity index (χ1n) is 6.65. The zero-order chi connectivity index (χ0) is 14.5. The molecule has 0 amide bonds. The van der Waals surface area contributed by atoms with Crippen LogP contribution in [-0.2, 0) is 6.42 Å². The Bertz CT molecular complexity index is 573. The van der Waals surface area contributed by atoms with Gasteiger partial charge in [-0.1, -0.05) is 19.0 Å². The van der Waals surface area contributed by atoms with E-state index in [1.165, 1.54) is 12.1 Å². The van der Waals surface area contributed by atoms with Crippen molar-refractivity contribution in [2.45, 2.75) is 32.7 Å². The molecule has 108 valence electrons. The van der Waals surface area contributed by atoms with Gasteiger partial charge < -0.3 is 9.84 Å². The SMILES string of the molecule is CCNC(CC)Cc1nc(-c2ccc(F)cc2Br)no1. The van der Waals surface area contributed by atoms with Crippen LogP contribution in [0.4, 0.5) is 4.39 Å². The maximum atomic E-state index is 13.1. The van der Waals surface area contributed by atoms with Crippen LogP contribution >= 0.6 is 15.9 Å². The molecule has 0 fully saturated rings. The van der Waals surface area contributed by atoms with Crippen molar-refractivity contribution in [3.63, 3.8) is 0 Å². The van der Waals surface area contributed by atoms with Gasteiger partial charge in [-0.2, -0.15) is 4.98 Å². The van der Waals surface area contributed by atoms with E-state index in [0.29, 0.717) is 28.7 Å². The first-order chi connectivity index (χ1) is 9.63. The van der Waals surface area contributed by atoms with Crippen LogP contribution in [0.3, 0.4) is 0 Å². The molecule has 0 aliphatic rings. The normalized spacial score (nSPS) is 12.6. The minimum Gasteiger partial charge on any atom is -0.339 e. The van der Waals surface area contributed by atoms with Crippen LogP contribution in [0.2, 0.25) is 0 Å². The van der Waals surface area contributed by atoms with Gasteiger partial charge in [-0.3, -0.25) is 0 Å². The molecule has 6 heteroatoms. The van der Waals surface area contributed by atoms with Crippen molar-refractivity contribution >= 4 is 15.9 Å². The molecule has 1 heterocycles.